The molecule has 2 aliphatic heterocycles. The van der Waals surface area contributed by atoms with Gasteiger partial charge in [-0.05, 0) is 12.1 Å². The van der Waals surface area contributed by atoms with Crippen molar-refractivity contribution >= 4 is 47.3 Å². The highest BCUT2D eigenvalue weighted by atomic mass is 35.5. The van der Waals surface area contributed by atoms with Crippen LogP contribution in [0.4, 0.5) is 17.8 Å². The summed E-state index contributed by atoms with van der Waals surface area (Å²) in [5.41, 5.74) is 3.52. The predicted molar refractivity (Wildman–Crippen MR) is 120 cm³/mol. The lowest BCUT2D eigenvalue weighted by Crippen LogP contribution is -2.40. The summed E-state index contributed by atoms with van der Waals surface area (Å²) in [5.74, 6) is 1.98. The smallest absolute Gasteiger partial charge is 0.250 e. The second-order valence-electron chi connectivity index (χ2n) is 6.84. The molecule has 0 aliphatic carbocycles. The highest BCUT2D eigenvalue weighted by Gasteiger charge is 2.20. The van der Waals surface area contributed by atoms with Crippen molar-refractivity contribution < 1.29 is 14.2 Å². The van der Waals surface area contributed by atoms with Crippen LogP contribution in [-0.2, 0) is 9.47 Å². The lowest BCUT2D eigenvalue weighted by molar-refractivity contribution is 0.121. The van der Waals surface area contributed by atoms with Crippen LogP contribution in [0.3, 0.4) is 0 Å². The highest BCUT2D eigenvalue weighted by molar-refractivity contribution is 6.36. The van der Waals surface area contributed by atoms with E-state index in [9.17, 15) is 0 Å². The van der Waals surface area contributed by atoms with Crippen LogP contribution in [0.5, 0.6) is 5.75 Å². The van der Waals surface area contributed by atoms with Gasteiger partial charge in [-0.1, -0.05) is 23.2 Å². The van der Waals surface area contributed by atoms with Gasteiger partial charge in [-0.25, -0.2) is 5.43 Å². The SMILES string of the molecule is COc1c(Cl)cc(Cl)cc1/C=N\Nc1nc(N2CCOCC2)nc(N2CCOCC2)n1. The van der Waals surface area contributed by atoms with Gasteiger partial charge in [-0.3, -0.25) is 0 Å². The van der Waals surface area contributed by atoms with E-state index < -0.39 is 0 Å². The van der Waals surface area contributed by atoms with Gasteiger partial charge in [-0.2, -0.15) is 20.1 Å². The fourth-order valence-electron chi connectivity index (χ4n) is 3.26. The zero-order valence-corrected chi connectivity index (χ0v) is 18.6. The first-order valence-electron chi connectivity index (χ1n) is 9.87. The molecule has 3 heterocycles. The van der Waals surface area contributed by atoms with Crippen LogP contribution in [0.25, 0.3) is 0 Å². The third-order valence-corrected chi connectivity index (χ3v) is 5.31. The molecule has 10 nitrogen and oxygen atoms in total. The van der Waals surface area contributed by atoms with Gasteiger partial charge in [0.15, 0.2) is 0 Å². The van der Waals surface area contributed by atoms with E-state index in [0.29, 0.717) is 91.8 Å². The van der Waals surface area contributed by atoms with E-state index >= 15 is 0 Å². The van der Waals surface area contributed by atoms with Crippen molar-refractivity contribution in [3.63, 3.8) is 0 Å². The van der Waals surface area contributed by atoms with Crippen LogP contribution in [0.15, 0.2) is 17.2 Å². The predicted octanol–water partition coefficient (Wildman–Crippen LogP) is 2.31. The maximum absolute atomic E-state index is 6.19. The number of rotatable bonds is 6. The standard InChI is InChI=1S/C19H23Cl2N7O3/c1-29-16-13(10-14(20)11-15(16)21)12-22-26-17-23-18(27-2-6-30-7-3-27)25-19(24-17)28-4-8-31-9-5-28/h10-12H,2-9H2,1H3,(H,23,24,25,26)/b22-12-. The van der Waals surface area contributed by atoms with Gasteiger partial charge in [0, 0.05) is 36.8 Å². The van der Waals surface area contributed by atoms with Gasteiger partial charge < -0.3 is 24.0 Å². The molecule has 4 rings (SSSR count). The number of anilines is 3. The molecule has 0 unspecified atom stereocenters. The summed E-state index contributed by atoms with van der Waals surface area (Å²) in [6.45, 7) is 5.40. The Bertz CT molecular complexity index is 899. The summed E-state index contributed by atoms with van der Waals surface area (Å²) >= 11 is 12.3. The Morgan fingerprint density at radius 1 is 0.968 bits per heavy atom. The fourth-order valence-corrected chi connectivity index (χ4v) is 3.85. The van der Waals surface area contributed by atoms with Crippen molar-refractivity contribution in [1.29, 1.82) is 0 Å². The van der Waals surface area contributed by atoms with Gasteiger partial charge in [0.2, 0.25) is 17.8 Å². The van der Waals surface area contributed by atoms with Crippen LogP contribution in [0.1, 0.15) is 5.56 Å². The quantitative estimate of drug-likeness (QED) is 0.506. The lowest BCUT2D eigenvalue weighted by Gasteiger charge is -2.30. The summed E-state index contributed by atoms with van der Waals surface area (Å²) in [4.78, 5) is 17.9. The Labute approximate surface area is 190 Å². The number of morpholine rings is 2. The number of aromatic nitrogens is 3. The topological polar surface area (TPSA) is 97.2 Å². The molecule has 1 aromatic heterocycles. The maximum atomic E-state index is 6.19. The molecule has 0 bridgehead atoms. The monoisotopic (exact) mass is 467 g/mol. The van der Waals surface area contributed by atoms with Gasteiger partial charge in [0.05, 0.1) is 44.8 Å². The third kappa shape index (κ3) is 5.45. The molecular weight excluding hydrogens is 445 g/mol. The summed E-state index contributed by atoms with van der Waals surface area (Å²) in [7, 11) is 1.54. The van der Waals surface area contributed by atoms with E-state index in [2.05, 4.69) is 35.3 Å². The Morgan fingerprint density at radius 2 is 1.55 bits per heavy atom. The zero-order valence-electron chi connectivity index (χ0n) is 17.1. The first-order valence-corrected chi connectivity index (χ1v) is 10.6. The van der Waals surface area contributed by atoms with Crippen molar-refractivity contribution in [2.45, 2.75) is 0 Å². The molecular formula is C19H23Cl2N7O3. The van der Waals surface area contributed by atoms with E-state index in [1.165, 1.54) is 7.11 Å². The number of ether oxygens (including phenoxy) is 3. The van der Waals surface area contributed by atoms with Crippen molar-refractivity contribution in [3.8, 4) is 5.75 Å². The lowest BCUT2D eigenvalue weighted by atomic mass is 10.2. The average molecular weight is 468 g/mol. The number of benzene rings is 1. The molecule has 1 N–H and O–H groups in total. The fraction of sp³-hybridized carbons (Fsp3) is 0.474. The van der Waals surface area contributed by atoms with Crippen molar-refractivity contribution in [3.05, 3.63) is 27.7 Å². The first-order chi connectivity index (χ1) is 15.1. The van der Waals surface area contributed by atoms with Crippen molar-refractivity contribution in [2.75, 3.05) is 74.9 Å². The van der Waals surface area contributed by atoms with Crippen molar-refractivity contribution in [1.82, 2.24) is 15.0 Å². The number of nitrogens with one attached hydrogen (secondary N) is 1. The van der Waals surface area contributed by atoms with E-state index in [4.69, 9.17) is 37.4 Å². The van der Waals surface area contributed by atoms with Gasteiger partial charge in [0.25, 0.3) is 0 Å². The van der Waals surface area contributed by atoms with Gasteiger partial charge in [0.1, 0.15) is 5.75 Å². The second-order valence-corrected chi connectivity index (χ2v) is 7.68. The van der Waals surface area contributed by atoms with Gasteiger partial charge >= 0.3 is 0 Å². The number of halogens is 2. The van der Waals surface area contributed by atoms with Crippen LogP contribution < -0.4 is 20.0 Å². The normalized spacial score (nSPS) is 17.3. The molecule has 2 saturated heterocycles. The molecule has 166 valence electrons. The van der Waals surface area contributed by atoms with Crippen LogP contribution >= 0.6 is 23.2 Å². The molecule has 0 amide bonds. The third-order valence-electron chi connectivity index (χ3n) is 4.81. The second kappa shape index (κ2) is 10.3. The molecule has 0 spiro atoms. The number of hydrogen-bond acceptors (Lipinski definition) is 10. The number of methoxy groups -OCH3 is 1. The Kier molecular flexibility index (Phi) is 7.23. The van der Waals surface area contributed by atoms with E-state index in [-0.39, 0.29) is 0 Å². The summed E-state index contributed by atoms with van der Waals surface area (Å²) < 4.78 is 16.2. The molecule has 1 aromatic carbocycles. The van der Waals surface area contributed by atoms with Crippen molar-refractivity contribution in [2.24, 2.45) is 5.10 Å². The highest BCUT2D eigenvalue weighted by Crippen LogP contribution is 2.31. The zero-order chi connectivity index (χ0) is 21.6. The maximum Gasteiger partial charge on any atom is 0.250 e. The molecule has 12 heteroatoms. The number of hydrazone groups is 1. The molecule has 0 atom stereocenters. The molecule has 31 heavy (non-hydrogen) atoms. The average Bonchev–Trinajstić information content (AvgIpc) is 2.80. The van der Waals surface area contributed by atoms with E-state index in [1.54, 1.807) is 18.3 Å². The van der Waals surface area contributed by atoms with E-state index in [0.717, 1.165) is 0 Å². The Balaban J connectivity index is 1.58. The van der Waals surface area contributed by atoms with Crippen LogP contribution in [0, 0.1) is 0 Å². The summed E-state index contributed by atoms with van der Waals surface area (Å²) in [5, 5.41) is 5.15. The molecule has 0 saturated carbocycles. The first kappa shape index (κ1) is 21.8. The van der Waals surface area contributed by atoms with Crippen LogP contribution in [-0.4, -0.2) is 80.9 Å². The number of nitrogens with zero attached hydrogens (tertiary/aromatic N) is 6. The minimum Gasteiger partial charge on any atom is -0.495 e. The summed E-state index contributed by atoms with van der Waals surface area (Å²) in [6, 6.07) is 3.32. The number of hydrogen-bond donors (Lipinski definition) is 1. The Hall–Kier alpha value is -2.40. The minimum atomic E-state index is 0.335. The van der Waals surface area contributed by atoms with E-state index in [1.807, 2.05) is 0 Å². The molecule has 2 aromatic rings. The molecule has 2 aliphatic rings. The van der Waals surface area contributed by atoms with Crippen LogP contribution in [0.2, 0.25) is 10.0 Å². The Morgan fingerprint density at radius 3 is 2.10 bits per heavy atom. The summed E-state index contributed by atoms with van der Waals surface area (Å²) in [6.07, 6.45) is 1.56. The molecule has 0 radical (unpaired) electrons. The largest absolute Gasteiger partial charge is 0.495 e. The molecule has 2 fully saturated rings. The van der Waals surface area contributed by atoms with Gasteiger partial charge in [-0.15, -0.1) is 0 Å². The minimum absolute atomic E-state index is 0.335.